The van der Waals surface area contributed by atoms with E-state index in [1.807, 2.05) is 12.1 Å². The van der Waals surface area contributed by atoms with Gasteiger partial charge in [0.05, 0.1) is 4.90 Å². The molecule has 1 amide bonds. The molecule has 0 bridgehead atoms. The first-order valence-electron chi connectivity index (χ1n) is 9.73. The van der Waals surface area contributed by atoms with Crippen LogP contribution in [0, 0.1) is 5.92 Å². The normalized spacial score (nSPS) is 15.1. The van der Waals surface area contributed by atoms with Crippen molar-refractivity contribution in [3.8, 4) is 5.82 Å². The fourth-order valence-corrected chi connectivity index (χ4v) is 3.95. The van der Waals surface area contributed by atoms with Gasteiger partial charge in [-0.05, 0) is 42.7 Å². The van der Waals surface area contributed by atoms with Crippen LogP contribution in [-0.4, -0.2) is 52.4 Å². The number of hydrogen-bond acceptors (Lipinski definition) is 8. The number of benzene rings is 1. The summed E-state index contributed by atoms with van der Waals surface area (Å²) in [6.45, 7) is 1.75. The fraction of sp³-hybridized carbons (Fsp3) is 0.316. The number of primary sulfonamides is 1. The number of anilines is 1. The molecule has 2 aromatic heterocycles. The van der Waals surface area contributed by atoms with Crippen LogP contribution in [0.3, 0.4) is 0 Å². The number of nitrogens with zero attached hydrogens (tertiary/aromatic N) is 6. The molecule has 162 valence electrons. The van der Waals surface area contributed by atoms with E-state index in [-0.39, 0.29) is 16.7 Å². The minimum Gasteiger partial charge on any atom is -0.355 e. The minimum atomic E-state index is -3.72. The monoisotopic (exact) mass is 442 g/mol. The van der Waals surface area contributed by atoms with Crippen LogP contribution in [0.1, 0.15) is 18.4 Å². The van der Waals surface area contributed by atoms with Crippen molar-refractivity contribution < 1.29 is 13.2 Å². The van der Waals surface area contributed by atoms with Crippen molar-refractivity contribution in [2.24, 2.45) is 11.1 Å². The molecule has 0 radical (unpaired) electrons. The Hall–Kier alpha value is -3.38. The SMILES string of the molecule is NS(=O)(=O)c1ccc(CNC(=O)C2CCN(c3ccc(-n4cncn4)nn3)CC2)cc1. The Labute approximate surface area is 179 Å². The third kappa shape index (κ3) is 5.03. The lowest BCUT2D eigenvalue weighted by Crippen LogP contribution is -2.40. The van der Waals surface area contributed by atoms with Crippen molar-refractivity contribution in [2.75, 3.05) is 18.0 Å². The standard InChI is InChI=1S/C19H22N8O3S/c20-31(29,30)16-3-1-14(2-4-16)11-22-19(28)15-7-9-26(10-8-15)17-5-6-18(25-24-17)27-13-21-12-23-27/h1-6,12-13,15H,7-11H2,(H,22,28)(H2,20,29,30). The summed E-state index contributed by atoms with van der Waals surface area (Å²) >= 11 is 0. The lowest BCUT2D eigenvalue weighted by molar-refractivity contribution is -0.125. The Morgan fingerprint density at radius 3 is 2.32 bits per heavy atom. The molecule has 0 atom stereocenters. The molecule has 1 aliphatic rings. The Balaban J connectivity index is 1.27. The molecule has 11 nitrogen and oxygen atoms in total. The third-order valence-electron chi connectivity index (χ3n) is 5.20. The highest BCUT2D eigenvalue weighted by atomic mass is 32.2. The van der Waals surface area contributed by atoms with Crippen molar-refractivity contribution in [1.29, 1.82) is 0 Å². The summed E-state index contributed by atoms with van der Waals surface area (Å²) in [5.41, 5.74) is 0.806. The van der Waals surface area contributed by atoms with Crippen LogP contribution >= 0.6 is 0 Å². The fourth-order valence-electron chi connectivity index (χ4n) is 3.44. The van der Waals surface area contributed by atoms with Crippen LogP contribution < -0.4 is 15.4 Å². The van der Waals surface area contributed by atoms with Gasteiger partial charge < -0.3 is 10.2 Å². The zero-order valence-corrected chi connectivity index (χ0v) is 17.4. The molecule has 12 heteroatoms. The first-order valence-corrected chi connectivity index (χ1v) is 11.3. The highest BCUT2D eigenvalue weighted by Gasteiger charge is 2.25. The summed E-state index contributed by atoms with van der Waals surface area (Å²) in [6.07, 6.45) is 4.42. The van der Waals surface area contributed by atoms with E-state index in [0.717, 1.165) is 11.4 Å². The van der Waals surface area contributed by atoms with Gasteiger partial charge in [0, 0.05) is 25.6 Å². The van der Waals surface area contributed by atoms with Gasteiger partial charge in [-0.15, -0.1) is 10.2 Å². The molecular weight excluding hydrogens is 420 g/mol. The van der Waals surface area contributed by atoms with E-state index < -0.39 is 10.0 Å². The Bertz CT molecular complexity index is 1120. The molecule has 4 rings (SSSR count). The van der Waals surface area contributed by atoms with Gasteiger partial charge in [-0.2, -0.15) is 5.10 Å². The second-order valence-corrected chi connectivity index (χ2v) is 8.82. The van der Waals surface area contributed by atoms with Crippen LogP contribution in [0.4, 0.5) is 5.82 Å². The lowest BCUT2D eigenvalue weighted by atomic mass is 9.96. The topological polar surface area (TPSA) is 149 Å². The highest BCUT2D eigenvalue weighted by Crippen LogP contribution is 2.22. The molecule has 0 saturated carbocycles. The molecule has 3 heterocycles. The number of aromatic nitrogens is 5. The van der Waals surface area contributed by atoms with Gasteiger partial charge in [-0.3, -0.25) is 4.79 Å². The highest BCUT2D eigenvalue weighted by molar-refractivity contribution is 7.89. The van der Waals surface area contributed by atoms with E-state index in [9.17, 15) is 13.2 Å². The summed E-state index contributed by atoms with van der Waals surface area (Å²) in [5.74, 6) is 1.26. The van der Waals surface area contributed by atoms with Crippen molar-refractivity contribution >= 4 is 21.7 Å². The number of rotatable bonds is 6. The predicted octanol–water partition coefficient (Wildman–Crippen LogP) is 0.237. The minimum absolute atomic E-state index is 0.0113. The summed E-state index contributed by atoms with van der Waals surface area (Å²) < 4.78 is 24.1. The Kier molecular flexibility index (Phi) is 5.91. The van der Waals surface area contributed by atoms with Gasteiger partial charge in [0.25, 0.3) is 0 Å². The quantitative estimate of drug-likeness (QED) is 0.551. The van der Waals surface area contributed by atoms with Gasteiger partial charge in [0.1, 0.15) is 12.7 Å². The number of hydrogen-bond donors (Lipinski definition) is 2. The lowest BCUT2D eigenvalue weighted by Gasteiger charge is -2.31. The zero-order chi connectivity index (χ0) is 21.8. The number of carbonyl (C=O) groups is 1. The molecule has 0 unspecified atom stereocenters. The predicted molar refractivity (Wildman–Crippen MR) is 112 cm³/mol. The number of carbonyl (C=O) groups excluding carboxylic acids is 1. The maximum absolute atomic E-state index is 12.5. The molecule has 3 aromatic rings. The van der Waals surface area contributed by atoms with E-state index in [1.54, 1.807) is 18.5 Å². The molecule has 0 spiro atoms. The van der Waals surface area contributed by atoms with E-state index >= 15 is 0 Å². The molecule has 1 fully saturated rings. The maximum atomic E-state index is 12.5. The van der Waals surface area contributed by atoms with Gasteiger partial charge in [0.15, 0.2) is 11.6 Å². The molecule has 0 aliphatic carbocycles. The number of nitrogens with one attached hydrogen (secondary N) is 1. The van der Waals surface area contributed by atoms with Gasteiger partial charge in [0.2, 0.25) is 15.9 Å². The van der Waals surface area contributed by atoms with Crippen molar-refractivity contribution in [3.05, 3.63) is 54.6 Å². The number of amides is 1. The van der Waals surface area contributed by atoms with Crippen LogP contribution in [0.2, 0.25) is 0 Å². The van der Waals surface area contributed by atoms with Crippen LogP contribution in [0.25, 0.3) is 5.82 Å². The molecule has 1 aromatic carbocycles. The Morgan fingerprint density at radius 2 is 1.74 bits per heavy atom. The molecule has 31 heavy (non-hydrogen) atoms. The first kappa shape index (κ1) is 20.9. The van der Waals surface area contributed by atoms with Gasteiger partial charge >= 0.3 is 0 Å². The summed E-state index contributed by atoms with van der Waals surface area (Å²) in [5, 5.41) is 20.5. The average Bonchev–Trinajstić information content (AvgIpc) is 3.32. The summed E-state index contributed by atoms with van der Waals surface area (Å²) in [7, 11) is -3.72. The Morgan fingerprint density at radius 1 is 1.06 bits per heavy atom. The largest absolute Gasteiger partial charge is 0.355 e. The molecular formula is C19H22N8O3S. The smallest absolute Gasteiger partial charge is 0.238 e. The van der Waals surface area contributed by atoms with Crippen molar-refractivity contribution in [2.45, 2.75) is 24.3 Å². The summed E-state index contributed by atoms with van der Waals surface area (Å²) in [6, 6.07) is 9.87. The first-order chi connectivity index (χ1) is 14.9. The van der Waals surface area contributed by atoms with E-state index in [0.29, 0.717) is 38.3 Å². The van der Waals surface area contributed by atoms with Gasteiger partial charge in [-0.25, -0.2) is 23.2 Å². The van der Waals surface area contributed by atoms with Crippen LogP contribution in [-0.2, 0) is 21.4 Å². The third-order valence-corrected chi connectivity index (χ3v) is 6.13. The second-order valence-electron chi connectivity index (χ2n) is 7.26. The molecule has 3 N–H and O–H groups in total. The van der Waals surface area contributed by atoms with Crippen molar-refractivity contribution in [1.82, 2.24) is 30.3 Å². The van der Waals surface area contributed by atoms with E-state index in [4.69, 9.17) is 5.14 Å². The molecule has 1 saturated heterocycles. The second kappa shape index (κ2) is 8.78. The van der Waals surface area contributed by atoms with Gasteiger partial charge in [-0.1, -0.05) is 12.1 Å². The maximum Gasteiger partial charge on any atom is 0.238 e. The van der Waals surface area contributed by atoms with Crippen LogP contribution in [0.5, 0.6) is 0 Å². The molecule has 1 aliphatic heterocycles. The zero-order valence-electron chi connectivity index (χ0n) is 16.6. The van der Waals surface area contributed by atoms with Crippen LogP contribution in [0.15, 0.2) is 53.9 Å². The number of sulfonamides is 1. The van der Waals surface area contributed by atoms with E-state index in [1.165, 1.54) is 23.1 Å². The number of piperidine rings is 1. The average molecular weight is 443 g/mol. The van der Waals surface area contributed by atoms with E-state index in [2.05, 4.69) is 30.5 Å². The summed E-state index contributed by atoms with van der Waals surface area (Å²) in [4.78, 5) is 18.6. The number of nitrogens with two attached hydrogens (primary N) is 1. The van der Waals surface area contributed by atoms with Crippen molar-refractivity contribution in [3.63, 3.8) is 0 Å².